The first-order valence-corrected chi connectivity index (χ1v) is 28.7. The van der Waals surface area contributed by atoms with Gasteiger partial charge in [-0.15, -0.1) is 6.42 Å². The lowest BCUT2D eigenvalue weighted by Gasteiger charge is -2.38. The summed E-state index contributed by atoms with van der Waals surface area (Å²) < 4.78 is 92.8. The molecule has 3 fully saturated rings. The maximum Gasteiger partial charge on any atom is 0.475 e. The lowest BCUT2D eigenvalue weighted by molar-refractivity contribution is -0.158. The van der Waals surface area contributed by atoms with Crippen molar-refractivity contribution in [2.45, 2.75) is 86.7 Å². The normalized spacial score (nSPS) is 24.8. The number of rotatable bonds is 25. The minimum absolute atomic E-state index is 0.124. The Morgan fingerprint density at radius 3 is 1.71 bits per heavy atom. The number of ether oxygens (including phenoxy) is 9. The van der Waals surface area contributed by atoms with Crippen LogP contribution in [0.3, 0.4) is 0 Å². The first-order chi connectivity index (χ1) is 38.1. The van der Waals surface area contributed by atoms with Crippen LogP contribution in [0.4, 0.5) is 0 Å². The first kappa shape index (κ1) is 59.0. The summed E-state index contributed by atoms with van der Waals surface area (Å²) in [5.41, 5.74) is -2.64. The van der Waals surface area contributed by atoms with Gasteiger partial charge in [0.1, 0.15) is 66.1 Å². The van der Waals surface area contributed by atoms with E-state index >= 15 is 4.57 Å². The highest BCUT2D eigenvalue weighted by Crippen LogP contribution is 2.57. The zero-order valence-corrected chi connectivity index (χ0v) is 46.1. The van der Waals surface area contributed by atoms with E-state index in [9.17, 15) is 28.8 Å². The summed E-state index contributed by atoms with van der Waals surface area (Å²) in [6.45, 7) is 0.0411. The summed E-state index contributed by atoms with van der Waals surface area (Å²) in [4.78, 5) is 81.0. The fraction of sp³-hybridized carbons (Fsp3) is 0.434. The number of methoxy groups -OCH3 is 4. The van der Waals surface area contributed by atoms with Gasteiger partial charge >= 0.3 is 25.2 Å². The van der Waals surface area contributed by atoms with Crippen LogP contribution in [0.1, 0.15) is 48.9 Å². The van der Waals surface area contributed by atoms with Gasteiger partial charge < -0.3 is 47.4 Å². The van der Waals surface area contributed by atoms with Gasteiger partial charge in [0.2, 0.25) is 0 Å². The van der Waals surface area contributed by atoms with Gasteiger partial charge in [-0.25, -0.2) is 14.2 Å². The average Bonchev–Trinajstić information content (AvgIpc) is 4.20. The summed E-state index contributed by atoms with van der Waals surface area (Å²) in [6.07, 6.45) is -5.31. The molecule has 3 aliphatic rings. The first-order valence-electron chi connectivity index (χ1n) is 24.7. The van der Waals surface area contributed by atoms with E-state index in [1.54, 1.807) is 38.5 Å². The molecule has 5 heterocycles. The number of carbonyl (C=O) groups excluding carboxylic acids is 2. The van der Waals surface area contributed by atoms with Crippen LogP contribution in [0.2, 0.25) is 0 Å². The Hall–Kier alpha value is -6.11. The molecule has 23 nitrogen and oxygen atoms in total. The minimum Gasteiger partial charge on any atom is -0.497 e. The van der Waals surface area contributed by atoms with Crippen LogP contribution in [-0.2, 0) is 66.5 Å². The number of phosphoric acid groups is 1. The van der Waals surface area contributed by atoms with E-state index in [2.05, 4.69) is 15.9 Å². The van der Waals surface area contributed by atoms with Crippen molar-refractivity contribution in [2.24, 2.45) is 0 Å². The molecule has 0 aliphatic carbocycles. The number of esters is 1. The average molecular weight is 1150 g/mol. The highest BCUT2D eigenvalue weighted by molar-refractivity contribution is 8.76. The highest BCUT2D eigenvalue weighted by atomic mass is 33.1. The van der Waals surface area contributed by atoms with Gasteiger partial charge in [-0.05, 0) is 47.9 Å². The second-order valence-electron chi connectivity index (χ2n) is 18.1. The van der Waals surface area contributed by atoms with Crippen molar-refractivity contribution in [3.8, 4) is 23.8 Å². The van der Waals surface area contributed by atoms with E-state index in [0.717, 1.165) is 27.5 Å². The Balaban J connectivity index is 1.22. The van der Waals surface area contributed by atoms with Gasteiger partial charge in [0.15, 0.2) is 18.6 Å². The van der Waals surface area contributed by atoms with Gasteiger partial charge in [-0.2, -0.15) is 0 Å². The molecule has 5 aromatic rings. The number of H-pyrrole nitrogens is 2. The van der Waals surface area contributed by atoms with Crippen molar-refractivity contribution >= 4 is 41.2 Å². The summed E-state index contributed by atoms with van der Waals surface area (Å²) in [5, 5.41) is 0. The number of aromatic nitrogens is 4. The van der Waals surface area contributed by atoms with Gasteiger partial charge in [0.25, 0.3) is 11.1 Å². The van der Waals surface area contributed by atoms with Crippen molar-refractivity contribution in [3.05, 3.63) is 162 Å². The Bertz CT molecular complexity index is 3160. The molecule has 79 heavy (non-hydrogen) atoms. The molecule has 26 heteroatoms. The van der Waals surface area contributed by atoms with Crippen LogP contribution in [0.5, 0.6) is 11.5 Å². The Morgan fingerprint density at radius 1 is 0.684 bits per heavy atom. The topological polar surface area (TPSA) is 272 Å². The van der Waals surface area contributed by atoms with Crippen LogP contribution in [0.15, 0.2) is 123 Å². The van der Waals surface area contributed by atoms with Crippen molar-refractivity contribution < 1.29 is 70.4 Å². The summed E-state index contributed by atoms with van der Waals surface area (Å²) in [6, 6.07) is 26.1. The predicted molar refractivity (Wildman–Crippen MR) is 287 cm³/mol. The molecule has 2 N–H and O–H groups in total. The second kappa shape index (κ2) is 26.9. The lowest BCUT2D eigenvalue weighted by atomic mass is 9.80. The predicted octanol–water partition coefficient (Wildman–Crippen LogP) is 4.53. The highest BCUT2D eigenvalue weighted by Gasteiger charge is 2.55. The maximum atomic E-state index is 16.1. The number of hydrogen-bond acceptors (Lipinski definition) is 21. The monoisotopic (exact) mass is 1150 g/mol. The van der Waals surface area contributed by atoms with Crippen molar-refractivity contribution in [1.82, 2.24) is 19.1 Å². The molecule has 3 aromatic carbocycles. The molecule has 3 saturated heterocycles. The molecule has 3 aliphatic heterocycles. The standard InChI is InChI=1S/C53H59N4O19PS2/c1-7-27-69-40-30-78-79-31-41(40)75-77(64,71-29-39-45(74-44(61)22-13-32(2)58)47(67-5)49(73-39)56-25-23-42(59)54-51(56)62)76-46-38(72-50(48(46)68-6)57-26-24-43(60)55-52(57)63)28-70-53(33-11-9-8-10-12-33,34-14-18-36(65-3)19-15-34)35-16-20-37(66-4)21-17-35/h1,8-12,14-21,23-26,38-41,45-50H,13,22,27-31H2,2-6H3,(H,54,59,62)(H,55,60,63)/t38-,39-,40+,41+,45+,46+,47+,48+,49+,50+,77?/m0/s1. The van der Waals surface area contributed by atoms with E-state index in [0.29, 0.717) is 33.9 Å². The third-order valence-corrected chi connectivity index (χ3v) is 17.1. The zero-order chi connectivity index (χ0) is 56.3. The molecule has 2 aromatic heterocycles. The Kier molecular flexibility index (Phi) is 20.1. The fourth-order valence-corrected chi connectivity index (χ4v) is 13.5. The summed E-state index contributed by atoms with van der Waals surface area (Å²) in [7, 11) is 3.42. The molecule has 1 unspecified atom stereocenters. The molecule has 11 atom stereocenters. The number of carbonyl (C=O) groups is 2. The van der Waals surface area contributed by atoms with Crippen LogP contribution in [0, 0.1) is 12.3 Å². The van der Waals surface area contributed by atoms with E-state index in [1.807, 2.05) is 54.6 Å². The number of phosphoric ester groups is 1. The lowest BCUT2D eigenvalue weighted by Crippen LogP contribution is -2.43. The third-order valence-electron chi connectivity index (χ3n) is 13.2. The Morgan fingerprint density at radius 2 is 1.20 bits per heavy atom. The van der Waals surface area contributed by atoms with E-state index in [-0.39, 0.29) is 31.0 Å². The Labute approximate surface area is 460 Å². The number of nitrogens with one attached hydrogen (secondary N) is 2. The van der Waals surface area contributed by atoms with E-state index in [4.69, 9.17) is 62.6 Å². The van der Waals surface area contributed by atoms with Gasteiger partial charge in [-0.3, -0.25) is 47.1 Å². The number of ketones is 1. The minimum atomic E-state index is -5.13. The molecular formula is C53H59N4O19PS2. The number of benzene rings is 3. The summed E-state index contributed by atoms with van der Waals surface area (Å²) in [5.74, 6) is 3.00. The molecule has 422 valence electrons. The zero-order valence-electron chi connectivity index (χ0n) is 43.5. The van der Waals surface area contributed by atoms with E-state index < -0.39 is 116 Å². The van der Waals surface area contributed by atoms with Crippen molar-refractivity contribution in [1.29, 1.82) is 0 Å². The van der Waals surface area contributed by atoms with Gasteiger partial charge in [-0.1, -0.05) is 82.1 Å². The summed E-state index contributed by atoms with van der Waals surface area (Å²) >= 11 is 0. The van der Waals surface area contributed by atoms with Crippen molar-refractivity contribution in [2.75, 3.05) is 59.8 Å². The van der Waals surface area contributed by atoms with Gasteiger partial charge in [0, 0.05) is 56.7 Å². The molecule has 0 spiro atoms. The second-order valence-corrected chi connectivity index (χ2v) is 22.2. The van der Waals surface area contributed by atoms with E-state index in [1.165, 1.54) is 48.9 Å². The van der Waals surface area contributed by atoms with Crippen LogP contribution < -0.4 is 32.0 Å². The fourth-order valence-electron chi connectivity index (χ4n) is 9.35. The third kappa shape index (κ3) is 13.7. The smallest absolute Gasteiger partial charge is 0.475 e. The number of nitrogens with zero attached hydrogens (tertiary/aromatic N) is 2. The quantitative estimate of drug-likeness (QED) is 0.0267. The molecular weight excluding hydrogens is 1090 g/mol. The van der Waals surface area contributed by atoms with Crippen LogP contribution in [0.25, 0.3) is 0 Å². The SMILES string of the molecule is C#CCO[C@@H]1CSSC[C@H]1OP(=O)(OC[C@@H]1O[C@@H](n2ccc(=O)[nH]c2=O)[C@H](OC)[C@@H]1OC(=O)CCC(C)=O)O[C@H]1[C@@H](OC)[C@H](n2ccc(=O)[nH]c2=O)O[C@H]1COC(c1ccccc1)(c1ccc(OC)cc1)c1ccc(OC)cc1. The largest absolute Gasteiger partial charge is 0.497 e. The number of hydrogen-bond donors (Lipinski definition) is 2. The van der Waals surface area contributed by atoms with Crippen molar-refractivity contribution in [3.63, 3.8) is 0 Å². The molecule has 0 bridgehead atoms. The number of Topliss-reactive ketones (excluding diaryl/α,β-unsaturated/α-hetero) is 1. The molecule has 8 rings (SSSR count). The molecule has 0 amide bonds. The van der Waals surface area contributed by atoms with Crippen LogP contribution >= 0.6 is 29.4 Å². The number of aromatic amines is 2. The number of terminal acetylenes is 1. The van der Waals surface area contributed by atoms with Crippen LogP contribution in [-0.4, -0.2) is 139 Å². The molecule has 0 radical (unpaired) electrons. The van der Waals surface area contributed by atoms with Gasteiger partial charge in [0.05, 0.1) is 40.0 Å². The maximum absolute atomic E-state index is 16.1. The molecule has 0 saturated carbocycles.